The summed E-state index contributed by atoms with van der Waals surface area (Å²) in [5.41, 5.74) is 1.94. The monoisotopic (exact) mass is 220 g/mol. The van der Waals surface area contributed by atoms with Crippen molar-refractivity contribution in [3.63, 3.8) is 0 Å². The fourth-order valence-electron chi connectivity index (χ4n) is 6.20. The predicted octanol–water partition coefficient (Wildman–Crippen LogP) is 4.89. The van der Waals surface area contributed by atoms with Gasteiger partial charge in [-0.2, -0.15) is 0 Å². The van der Waals surface area contributed by atoms with Crippen LogP contribution < -0.4 is 0 Å². The molecular weight excluding hydrogens is 192 g/mol. The van der Waals surface area contributed by atoms with E-state index in [0.29, 0.717) is 16.2 Å². The Bertz CT molecular complexity index is 312. The Morgan fingerprint density at radius 3 is 2.38 bits per heavy atom. The van der Waals surface area contributed by atoms with Gasteiger partial charge in [0.15, 0.2) is 0 Å². The van der Waals surface area contributed by atoms with Crippen LogP contribution in [0.15, 0.2) is 0 Å². The number of rotatable bonds is 0. The Morgan fingerprint density at radius 1 is 1.00 bits per heavy atom. The molecule has 3 aliphatic carbocycles. The number of hydrogen-bond acceptors (Lipinski definition) is 0. The summed E-state index contributed by atoms with van der Waals surface area (Å²) in [5, 5.41) is 0. The van der Waals surface area contributed by atoms with Gasteiger partial charge in [-0.15, -0.1) is 0 Å². The van der Waals surface area contributed by atoms with Crippen molar-refractivity contribution in [3.05, 3.63) is 0 Å². The summed E-state index contributed by atoms with van der Waals surface area (Å²) in [6.07, 6.45) is 7.57. The SMILES string of the molecule is CC1CC2C(C)(C)[C@@H]3CC[C@@]2(C3)C(C)(C)C1. The Hall–Kier alpha value is 0. The minimum Gasteiger partial charge on any atom is -0.0625 e. The normalized spacial score (nSPS) is 52.7. The van der Waals surface area contributed by atoms with E-state index >= 15 is 0 Å². The molecule has 0 aromatic carbocycles. The first-order valence-corrected chi connectivity index (χ1v) is 7.30. The zero-order valence-electron chi connectivity index (χ0n) is 11.8. The molecule has 0 aromatic rings. The summed E-state index contributed by atoms with van der Waals surface area (Å²) < 4.78 is 0. The molecule has 0 aliphatic heterocycles. The quantitative estimate of drug-likeness (QED) is 0.545. The highest BCUT2D eigenvalue weighted by Crippen LogP contribution is 2.75. The molecule has 2 unspecified atom stereocenters. The number of fused-ring (bicyclic) bond motifs is 1. The lowest BCUT2D eigenvalue weighted by Crippen LogP contribution is -2.50. The van der Waals surface area contributed by atoms with Gasteiger partial charge in [-0.05, 0) is 66.1 Å². The average molecular weight is 220 g/mol. The van der Waals surface area contributed by atoms with Gasteiger partial charge in [-0.25, -0.2) is 0 Å². The molecule has 0 heteroatoms. The Labute approximate surface area is 101 Å². The Kier molecular flexibility index (Phi) is 1.99. The fraction of sp³-hybridized carbons (Fsp3) is 1.00. The average Bonchev–Trinajstić information content (AvgIpc) is 2.63. The third-order valence-electron chi connectivity index (χ3n) is 7.01. The van der Waals surface area contributed by atoms with E-state index in [-0.39, 0.29) is 0 Å². The molecule has 16 heavy (non-hydrogen) atoms. The minimum atomic E-state index is 0.595. The van der Waals surface area contributed by atoms with Gasteiger partial charge in [0, 0.05) is 0 Å². The highest BCUT2D eigenvalue weighted by Gasteiger charge is 2.67. The molecule has 1 spiro atoms. The second-order valence-corrected chi connectivity index (χ2v) is 8.40. The molecule has 0 nitrogen and oxygen atoms in total. The van der Waals surface area contributed by atoms with Crippen LogP contribution in [0.5, 0.6) is 0 Å². The first-order valence-electron chi connectivity index (χ1n) is 7.30. The van der Waals surface area contributed by atoms with Crippen molar-refractivity contribution in [1.82, 2.24) is 0 Å². The Balaban J connectivity index is 2.07. The second-order valence-electron chi connectivity index (χ2n) is 8.40. The molecule has 3 saturated carbocycles. The van der Waals surface area contributed by atoms with Crippen molar-refractivity contribution in [2.24, 2.45) is 34.0 Å². The molecule has 2 bridgehead atoms. The van der Waals surface area contributed by atoms with E-state index in [1.54, 1.807) is 6.42 Å². The summed E-state index contributed by atoms with van der Waals surface area (Å²) in [7, 11) is 0. The second kappa shape index (κ2) is 2.87. The third kappa shape index (κ3) is 1.07. The molecule has 3 aliphatic rings. The van der Waals surface area contributed by atoms with Gasteiger partial charge in [0.25, 0.3) is 0 Å². The van der Waals surface area contributed by atoms with E-state index in [1.165, 1.54) is 25.7 Å². The summed E-state index contributed by atoms with van der Waals surface area (Å²) in [4.78, 5) is 0. The largest absolute Gasteiger partial charge is 0.0625 e. The molecule has 0 amide bonds. The van der Waals surface area contributed by atoms with Gasteiger partial charge in [-0.1, -0.05) is 34.6 Å². The highest BCUT2D eigenvalue weighted by atomic mass is 14.7. The molecule has 0 N–H and O–H groups in total. The fourth-order valence-corrected chi connectivity index (χ4v) is 6.20. The van der Waals surface area contributed by atoms with Crippen LogP contribution in [0.25, 0.3) is 0 Å². The van der Waals surface area contributed by atoms with Gasteiger partial charge in [-0.3, -0.25) is 0 Å². The van der Waals surface area contributed by atoms with Crippen LogP contribution in [-0.2, 0) is 0 Å². The molecule has 3 rings (SSSR count). The molecule has 3 fully saturated rings. The summed E-state index contributed by atoms with van der Waals surface area (Å²) in [5.74, 6) is 2.99. The van der Waals surface area contributed by atoms with Gasteiger partial charge in [0.05, 0.1) is 0 Å². The van der Waals surface area contributed by atoms with Crippen LogP contribution in [0, 0.1) is 34.0 Å². The smallest absolute Gasteiger partial charge is 0.0210 e. The van der Waals surface area contributed by atoms with E-state index in [9.17, 15) is 0 Å². The van der Waals surface area contributed by atoms with Crippen molar-refractivity contribution in [2.75, 3.05) is 0 Å². The predicted molar refractivity (Wildman–Crippen MR) is 69.2 cm³/mol. The van der Waals surface area contributed by atoms with Gasteiger partial charge < -0.3 is 0 Å². The van der Waals surface area contributed by atoms with Gasteiger partial charge >= 0.3 is 0 Å². The Morgan fingerprint density at radius 2 is 1.69 bits per heavy atom. The maximum atomic E-state index is 2.57. The van der Waals surface area contributed by atoms with Gasteiger partial charge in [0.1, 0.15) is 0 Å². The summed E-state index contributed by atoms with van der Waals surface area (Å²) in [6, 6.07) is 0. The van der Waals surface area contributed by atoms with Crippen molar-refractivity contribution in [1.29, 1.82) is 0 Å². The van der Waals surface area contributed by atoms with E-state index in [0.717, 1.165) is 17.8 Å². The van der Waals surface area contributed by atoms with Crippen molar-refractivity contribution in [2.45, 2.75) is 66.7 Å². The van der Waals surface area contributed by atoms with Crippen molar-refractivity contribution in [3.8, 4) is 0 Å². The minimum absolute atomic E-state index is 0.595. The van der Waals surface area contributed by atoms with Crippen LogP contribution in [0.2, 0.25) is 0 Å². The third-order valence-corrected chi connectivity index (χ3v) is 7.01. The van der Waals surface area contributed by atoms with Crippen LogP contribution in [0.3, 0.4) is 0 Å². The lowest BCUT2D eigenvalue weighted by atomic mass is 9.47. The first-order chi connectivity index (χ1) is 7.30. The maximum absolute atomic E-state index is 2.57. The zero-order chi connectivity index (χ0) is 11.8. The van der Waals surface area contributed by atoms with E-state index in [2.05, 4.69) is 34.6 Å². The van der Waals surface area contributed by atoms with Crippen molar-refractivity contribution >= 4 is 0 Å². The molecule has 0 heterocycles. The standard InChI is InChI=1S/C16H28/c1-11-8-13-15(4,5)12-6-7-16(13,10-12)14(2,3)9-11/h11-13H,6-10H2,1-5H3/t11?,12-,13?,16+/m1/s1. The van der Waals surface area contributed by atoms with E-state index in [1.807, 2.05) is 0 Å². The van der Waals surface area contributed by atoms with Crippen LogP contribution in [-0.4, -0.2) is 0 Å². The van der Waals surface area contributed by atoms with Crippen LogP contribution >= 0.6 is 0 Å². The number of hydrogen-bond donors (Lipinski definition) is 0. The van der Waals surface area contributed by atoms with E-state index < -0.39 is 0 Å². The summed E-state index contributed by atoms with van der Waals surface area (Å²) >= 11 is 0. The van der Waals surface area contributed by atoms with E-state index in [4.69, 9.17) is 0 Å². The van der Waals surface area contributed by atoms with Gasteiger partial charge in [0.2, 0.25) is 0 Å². The lowest BCUT2D eigenvalue weighted by Gasteiger charge is -2.57. The molecular formula is C16H28. The molecule has 92 valence electrons. The van der Waals surface area contributed by atoms with Crippen LogP contribution in [0.4, 0.5) is 0 Å². The first kappa shape index (κ1) is 11.1. The molecule has 0 saturated heterocycles. The maximum Gasteiger partial charge on any atom is -0.0210 e. The molecule has 4 atom stereocenters. The zero-order valence-corrected chi connectivity index (χ0v) is 11.8. The summed E-state index contributed by atoms with van der Waals surface area (Å²) in [6.45, 7) is 12.8. The van der Waals surface area contributed by atoms with Crippen molar-refractivity contribution < 1.29 is 0 Å². The highest BCUT2D eigenvalue weighted by molar-refractivity contribution is 5.16. The lowest BCUT2D eigenvalue weighted by molar-refractivity contribution is -0.0840. The van der Waals surface area contributed by atoms with Crippen LogP contribution in [0.1, 0.15) is 66.7 Å². The molecule has 0 aromatic heterocycles. The molecule has 0 radical (unpaired) electrons. The topological polar surface area (TPSA) is 0 Å².